The molecule has 0 N–H and O–H groups in total. The normalized spacial score (nSPS) is 19.3. The summed E-state index contributed by atoms with van der Waals surface area (Å²) in [6.07, 6.45) is 9.16. The number of carbonyl (C=O) groups is 1. The summed E-state index contributed by atoms with van der Waals surface area (Å²) in [5.74, 6) is -0.0109. The first kappa shape index (κ1) is 22.5. The molecule has 0 atom stereocenters. The van der Waals surface area contributed by atoms with E-state index < -0.39 is 10.2 Å². The quantitative estimate of drug-likeness (QED) is 0.681. The maximum absolute atomic E-state index is 13.4. The van der Waals surface area contributed by atoms with Crippen molar-refractivity contribution >= 4 is 27.5 Å². The topological polar surface area (TPSA) is 65.9 Å². The van der Waals surface area contributed by atoms with Gasteiger partial charge in [0.25, 0.3) is 16.1 Å². The number of hydrogen-bond donors (Lipinski definition) is 0. The molecule has 0 bridgehead atoms. The van der Waals surface area contributed by atoms with Crippen LogP contribution in [0.25, 0.3) is 5.00 Å². The van der Waals surface area contributed by atoms with Crippen molar-refractivity contribution in [3.8, 4) is 5.00 Å². The van der Waals surface area contributed by atoms with Crippen molar-refractivity contribution in [2.45, 2.75) is 52.0 Å². The second-order valence-corrected chi connectivity index (χ2v) is 11.8. The zero-order valence-electron chi connectivity index (χ0n) is 18.6. The van der Waals surface area contributed by atoms with Gasteiger partial charge in [0.15, 0.2) is 0 Å². The van der Waals surface area contributed by atoms with E-state index >= 15 is 0 Å². The fourth-order valence-electron chi connectivity index (χ4n) is 4.61. The van der Waals surface area contributed by atoms with Gasteiger partial charge in [-0.05, 0) is 44.4 Å². The van der Waals surface area contributed by atoms with Gasteiger partial charge in [-0.3, -0.25) is 4.79 Å². The van der Waals surface area contributed by atoms with Gasteiger partial charge in [0, 0.05) is 56.5 Å². The van der Waals surface area contributed by atoms with Gasteiger partial charge in [-0.1, -0.05) is 19.3 Å². The van der Waals surface area contributed by atoms with E-state index in [9.17, 15) is 13.2 Å². The van der Waals surface area contributed by atoms with Gasteiger partial charge in [0.1, 0.15) is 5.00 Å². The minimum atomic E-state index is -3.50. The Balaban J connectivity index is 1.46. The van der Waals surface area contributed by atoms with Crippen molar-refractivity contribution in [1.82, 2.24) is 18.1 Å². The van der Waals surface area contributed by atoms with Crippen LogP contribution in [0.3, 0.4) is 0 Å². The second-order valence-electron chi connectivity index (χ2n) is 8.56. The van der Waals surface area contributed by atoms with E-state index in [-0.39, 0.29) is 11.9 Å². The monoisotopic (exact) mass is 464 g/mol. The lowest BCUT2D eigenvalue weighted by Gasteiger charge is -2.38. The number of piperazine rings is 1. The molecule has 4 rings (SSSR count). The van der Waals surface area contributed by atoms with Gasteiger partial charge in [-0.2, -0.15) is 17.0 Å². The largest absolute Gasteiger partial charge is 0.336 e. The number of rotatable bonds is 5. The molecule has 2 aromatic rings. The molecule has 2 fully saturated rings. The first-order valence-electron chi connectivity index (χ1n) is 11.1. The number of carbonyl (C=O) groups excluding carboxylic acids is 1. The van der Waals surface area contributed by atoms with Crippen LogP contribution in [-0.2, 0) is 10.2 Å². The summed E-state index contributed by atoms with van der Waals surface area (Å²) in [5, 5.41) is 0.928. The van der Waals surface area contributed by atoms with Crippen LogP contribution < -0.4 is 0 Å². The van der Waals surface area contributed by atoms with Crippen LogP contribution in [0, 0.1) is 13.8 Å². The molecule has 0 unspecified atom stereocenters. The number of aromatic nitrogens is 1. The highest BCUT2D eigenvalue weighted by Gasteiger charge is 2.36. The molecule has 9 heteroatoms. The van der Waals surface area contributed by atoms with Crippen molar-refractivity contribution in [3.05, 3.63) is 40.5 Å². The van der Waals surface area contributed by atoms with Crippen LogP contribution >= 0.6 is 11.3 Å². The third-order valence-electron chi connectivity index (χ3n) is 6.72. The van der Waals surface area contributed by atoms with Crippen molar-refractivity contribution in [1.29, 1.82) is 0 Å². The first-order valence-corrected chi connectivity index (χ1v) is 13.3. The molecule has 170 valence electrons. The van der Waals surface area contributed by atoms with Crippen LogP contribution in [0.2, 0.25) is 0 Å². The Morgan fingerprint density at radius 3 is 2.26 bits per heavy atom. The zero-order valence-corrected chi connectivity index (χ0v) is 20.2. The highest BCUT2D eigenvalue weighted by Crippen LogP contribution is 2.32. The average molecular weight is 465 g/mol. The molecule has 7 nitrogen and oxygen atoms in total. The lowest BCUT2D eigenvalue weighted by Crippen LogP contribution is -2.55. The maximum Gasteiger partial charge on any atom is 0.282 e. The van der Waals surface area contributed by atoms with Crippen LogP contribution in [0.5, 0.6) is 0 Å². The van der Waals surface area contributed by atoms with Crippen LogP contribution in [0.1, 0.15) is 52.9 Å². The Kier molecular flexibility index (Phi) is 6.57. The van der Waals surface area contributed by atoms with Gasteiger partial charge in [-0.15, -0.1) is 11.3 Å². The van der Waals surface area contributed by atoms with E-state index in [4.69, 9.17) is 0 Å². The fourth-order valence-corrected chi connectivity index (χ4v) is 7.30. The summed E-state index contributed by atoms with van der Waals surface area (Å²) in [6, 6.07) is 4.00. The van der Waals surface area contributed by atoms with Gasteiger partial charge >= 0.3 is 0 Å². The summed E-state index contributed by atoms with van der Waals surface area (Å²) in [4.78, 5) is 16.4. The molecule has 0 aromatic carbocycles. The van der Waals surface area contributed by atoms with Gasteiger partial charge in [0.05, 0.1) is 5.56 Å². The molecule has 1 aliphatic heterocycles. The molecule has 0 spiro atoms. The Morgan fingerprint density at radius 2 is 1.65 bits per heavy atom. The first-order chi connectivity index (χ1) is 14.8. The van der Waals surface area contributed by atoms with Gasteiger partial charge in [-0.25, -0.2) is 0 Å². The van der Waals surface area contributed by atoms with Crippen molar-refractivity contribution < 1.29 is 13.2 Å². The minimum absolute atomic E-state index is 0.0109. The molecule has 1 aliphatic carbocycles. The lowest BCUT2D eigenvalue weighted by molar-refractivity contribution is 0.0692. The molecular formula is C22H32N4O3S2. The predicted molar refractivity (Wildman–Crippen MR) is 124 cm³/mol. The third kappa shape index (κ3) is 4.33. The highest BCUT2D eigenvalue weighted by molar-refractivity contribution is 7.86. The van der Waals surface area contributed by atoms with E-state index in [1.165, 1.54) is 6.42 Å². The molecule has 2 aliphatic rings. The Morgan fingerprint density at radius 1 is 1.03 bits per heavy atom. The standard InChI is InChI=1S/C22H32N4O3S2/c1-17-18(2)30-22(25-11-7-8-12-25)20(17)21(27)24-13-15-26(16-14-24)31(28,29)23(3)19-9-5-4-6-10-19/h7-8,11-12,19H,4-6,9-10,13-16H2,1-3H3. The number of thiophene rings is 1. The molecular weight excluding hydrogens is 432 g/mol. The SMILES string of the molecule is Cc1sc(-n2cccc2)c(C(=O)N2CCN(S(=O)(=O)N(C)C3CCCCC3)CC2)c1C. The van der Waals surface area contributed by atoms with Crippen LogP contribution in [0.4, 0.5) is 0 Å². The van der Waals surface area contributed by atoms with E-state index in [1.807, 2.05) is 42.9 Å². The van der Waals surface area contributed by atoms with E-state index in [1.54, 1.807) is 31.9 Å². The molecule has 2 aromatic heterocycles. The van der Waals surface area contributed by atoms with E-state index in [0.29, 0.717) is 26.2 Å². The number of amides is 1. The third-order valence-corrected chi connectivity index (χ3v) is 9.99. The molecule has 3 heterocycles. The highest BCUT2D eigenvalue weighted by atomic mass is 32.2. The summed E-state index contributed by atoms with van der Waals surface area (Å²) in [5.41, 5.74) is 1.74. The second kappa shape index (κ2) is 9.05. The predicted octanol–water partition coefficient (Wildman–Crippen LogP) is 3.42. The summed E-state index contributed by atoms with van der Waals surface area (Å²) in [6.45, 7) is 5.53. The van der Waals surface area contributed by atoms with Crippen LogP contribution in [0.15, 0.2) is 24.5 Å². The van der Waals surface area contributed by atoms with Crippen LogP contribution in [-0.4, -0.2) is 71.7 Å². The van der Waals surface area contributed by atoms with E-state index in [2.05, 4.69) is 0 Å². The average Bonchev–Trinajstić information content (AvgIpc) is 3.42. The van der Waals surface area contributed by atoms with Gasteiger partial charge < -0.3 is 9.47 Å². The summed E-state index contributed by atoms with van der Waals surface area (Å²) >= 11 is 1.62. The van der Waals surface area contributed by atoms with Gasteiger partial charge in [0.2, 0.25) is 0 Å². The number of aryl methyl sites for hydroxylation is 1. The summed E-state index contributed by atoms with van der Waals surface area (Å²) in [7, 11) is -1.78. The number of nitrogens with zero attached hydrogens (tertiary/aromatic N) is 4. The molecule has 31 heavy (non-hydrogen) atoms. The van der Waals surface area contributed by atoms with E-state index in [0.717, 1.165) is 46.7 Å². The zero-order chi connectivity index (χ0) is 22.2. The molecule has 0 radical (unpaired) electrons. The maximum atomic E-state index is 13.4. The smallest absolute Gasteiger partial charge is 0.282 e. The molecule has 1 amide bonds. The van der Waals surface area contributed by atoms with Crippen molar-refractivity contribution in [2.24, 2.45) is 0 Å². The fraction of sp³-hybridized carbons (Fsp3) is 0.591. The minimum Gasteiger partial charge on any atom is -0.336 e. The van der Waals surface area contributed by atoms with Crippen molar-refractivity contribution in [2.75, 3.05) is 33.2 Å². The number of hydrogen-bond acceptors (Lipinski definition) is 4. The van der Waals surface area contributed by atoms with Crippen molar-refractivity contribution in [3.63, 3.8) is 0 Å². The Labute approximate surface area is 189 Å². The lowest BCUT2D eigenvalue weighted by atomic mass is 9.96. The Bertz CT molecular complexity index is 1020. The Hall–Kier alpha value is -1.68. The summed E-state index contributed by atoms with van der Waals surface area (Å²) < 4.78 is 31.4. The molecule has 1 saturated carbocycles. The molecule has 1 saturated heterocycles.